The lowest BCUT2D eigenvalue weighted by molar-refractivity contribution is -0.115. The molecular formula is C14H13NO2. The molecular weight excluding hydrogens is 214 g/mol. The Bertz CT molecular complexity index is 513. The lowest BCUT2D eigenvalue weighted by atomic mass is 10.1. The quantitative estimate of drug-likeness (QED) is 0.841. The van der Waals surface area contributed by atoms with Crippen molar-refractivity contribution in [2.45, 2.75) is 0 Å². The Morgan fingerprint density at radius 1 is 1.18 bits per heavy atom. The summed E-state index contributed by atoms with van der Waals surface area (Å²) in [5.41, 5.74) is 1.67. The molecule has 17 heavy (non-hydrogen) atoms. The number of carbonyl (C=O) groups excluding carboxylic acids is 1. The molecule has 0 radical (unpaired) electrons. The second-order valence-electron chi connectivity index (χ2n) is 3.55. The number of amides is 1. The minimum Gasteiger partial charge on any atom is -0.497 e. The first kappa shape index (κ1) is 11.2. The summed E-state index contributed by atoms with van der Waals surface area (Å²) in [6, 6.07) is 7.56. The predicted octanol–water partition coefficient (Wildman–Crippen LogP) is 2.28. The van der Waals surface area contributed by atoms with E-state index in [0.29, 0.717) is 0 Å². The average Bonchev–Trinajstić information content (AvgIpc) is 2.33. The van der Waals surface area contributed by atoms with E-state index in [-0.39, 0.29) is 5.91 Å². The molecule has 0 aliphatic carbocycles. The lowest BCUT2D eigenvalue weighted by Gasteiger charge is -2.10. The van der Waals surface area contributed by atoms with E-state index in [2.05, 4.69) is 5.32 Å². The van der Waals surface area contributed by atoms with Crippen LogP contribution in [0.5, 0.6) is 5.75 Å². The third-order valence-corrected chi connectivity index (χ3v) is 2.37. The molecule has 2 rings (SSSR count). The summed E-state index contributed by atoms with van der Waals surface area (Å²) in [5, 5.41) is 2.82. The van der Waals surface area contributed by atoms with E-state index < -0.39 is 0 Å². The molecule has 1 aromatic rings. The van der Waals surface area contributed by atoms with Crippen molar-refractivity contribution in [3.63, 3.8) is 0 Å². The van der Waals surface area contributed by atoms with Gasteiger partial charge < -0.3 is 10.1 Å². The molecule has 0 fully saturated rings. The molecule has 1 aliphatic heterocycles. The third kappa shape index (κ3) is 2.84. The first-order valence-corrected chi connectivity index (χ1v) is 5.30. The number of methoxy groups -OCH3 is 1. The minimum atomic E-state index is -0.136. The number of benzene rings is 1. The Labute approximate surface area is 100 Å². The highest BCUT2D eigenvalue weighted by atomic mass is 16.5. The molecule has 1 aliphatic rings. The molecule has 3 heteroatoms. The highest BCUT2D eigenvalue weighted by molar-refractivity contribution is 5.95. The molecule has 0 unspecified atom stereocenters. The molecule has 1 amide bonds. The molecule has 0 aromatic heterocycles. The molecule has 1 heterocycles. The number of hydrogen-bond donors (Lipinski definition) is 1. The van der Waals surface area contributed by atoms with Crippen LogP contribution >= 0.6 is 0 Å². The van der Waals surface area contributed by atoms with E-state index in [0.717, 1.165) is 17.0 Å². The monoisotopic (exact) mass is 227 g/mol. The third-order valence-electron chi connectivity index (χ3n) is 2.37. The minimum absolute atomic E-state index is 0.136. The summed E-state index contributed by atoms with van der Waals surface area (Å²) in [6.45, 7) is 0. The second-order valence-corrected chi connectivity index (χ2v) is 3.55. The van der Waals surface area contributed by atoms with Gasteiger partial charge in [0.15, 0.2) is 0 Å². The van der Waals surface area contributed by atoms with Crippen LogP contribution in [-0.4, -0.2) is 13.0 Å². The summed E-state index contributed by atoms with van der Waals surface area (Å²) < 4.78 is 5.16. The maximum Gasteiger partial charge on any atom is 0.248 e. The standard InChI is InChI=1S/C14H13NO2/c1-17-12-7-5-6-11(10-12)13-8-3-2-4-9-14(16)15-13/h2-10H,1H3,(H,15,16). The number of hydrogen-bond acceptors (Lipinski definition) is 2. The first-order chi connectivity index (χ1) is 8.29. The zero-order chi connectivity index (χ0) is 12.1. The molecule has 0 bridgehead atoms. The molecule has 0 saturated carbocycles. The molecule has 86 valence electrons. The van der Waals surface area contributed by atoms with Gasteiger partial charge in [0.1, 0.15) is 5.75 Å². The van der Waals surface area contributed by atoms with Crippen LogP contribution in [0, 0.1) is 0 Å². The van der Waals surface area contributed by atoms with Crippen LogP contribution < -0.4 is 10.1 Å². The SMILES string of the molecule is COc1cccc(/C2=C/C=C\C=C/C(=O)N2)c1. The zero-order valence-electron chi connectivity index (χ0n) is 9.51. The van der Waals surface area contributed by atoms with Gasteiger partial charge in [0.05, 0.1) is 7.11 Å². The fraction of sp³-hybridized carbons (Fsp3) is 0.0714. The molecule has 1 N–H and O–H groups in total. The molecule has 0 saturated heterocycles. The molecule has 1 aromatic carbocycles. The number of allylic oxidation sites excluding steroid dienone is 4. The number of carbonyl (C=O) groups is 1. The van der Waals surface area contributed by atoms with Crippen LogP contribution in [0.2, 0.25) is 0 Å². The largest absolute Gasteiger partial charge is 0.497 e. The smallest absolute Gasteiger partial charge is 0.248 e. The van der Waals surface area contributed by atoms with E-state index in [1.807, 2.05) is 42.5 Å². The number of ether oxygens (including phenoxy) is 1. The second kappa shape index (κ2) is 5.16. The normalized spacial score (nSPS) is 21.5. The average molecular weight is 227 g/mol. The molecule has 3 nitrogen and oxygen atoms in total. The van der Waals surface area contributed by atoms with Gasteiger partial charge >= 0.3 is 0 Å². The Morgan fingerprint density at radius 3 is 2.88 bits per heavy atom. The van der Waals surface area contributed by atoms with E-state index in [9.17, 15) is 4.79 Å². The van der Waals surface area contributed by atoms with Crippen molar-refractivity contribution in [1.82, 2.24) is 5.32 Å². The van der Waals surface area contributed by atoms with E-state index in [4.69, 9.17) is 4.74 Å². The predicted molar refractivity (Wildman–Crippen MR) is 67.4 cm³/mol. The Balaban J connectivity index is 2.34. The van der Waals surface area contributed by atoms with E-state index in [1.54, 1.807) is 13.2 Å². The van der Waals surface area contributed by atoms with Crippen LogP contribution in [0.4, 0.5) is 0 Å². The number of rotatable bonds is 2. The summed E-state index contributed by atoms with van der Waals surface area (Å²) in [4.78, 5) is 11.5. The maximum atomic E-state index is 11.5. The van der Waals surface area contributed by atoms with Gasteiger partial charge in [0, 0.05) is 17.3 Å². The van der Waals surface area contributed by atoms with Gasteiger partial charge in [0.25, 0.3) is 0 Å². The Kier molecular flexibility index (Phi) is 3.40. The Morgan fingerprint density at radius 2 is 2.06 bits per heavy atom. The van der Waals surface area contributed by atoms with Gasteiger partial charge in [-0.15, -0.1) is 0 Å². The van der Waals surface area contributed by atoms with Gasteiger partial charge in [-0.2, -0.15) is 0 Å². The van der Waals surface area contributed by atoms with Crippen molar-refractivity contribution in [1.29, 1.82) is 0 Å². The van der Waals surface area contributed by atoms with Crippen molar-refractivity contribution >= 4 is 11.6 Å². The summed E-state index contributed by atoms with van der Waals surface area (Å²) >= 11 is 0. The lowest BCUT2D eigenvalue weighted by Crippen LogP contribution is -2.19. The fourth-order valence-electron chi connectivity index (χ4n) is 1.53. The van der Waals surface area contributed by atoms with E-state index >= 15 is 0 Å². The van der Waals surface area contributed by atoms with Crippen molar-refractivity contribution in [3.05, 3.63) is 60.2 Å². The van der Waals surface area contributed by atoms with Gasteiger partial charge in [-0.3, -0.25) is 4.79 Å². The van der Waals surface area contributed by atoms with Crippen LogP contribution in [0.25, 0.3) is 5.70 Å². The van der Waals surface area contributed by atoms with Crippen LogP contribution in [0.15, 0.2) is 54.6 Å². The summed E-state index contributed by atoms with van der Waals surface area (Å²) in [6.07, 6.45) is 8.75. The maximum absolute atomic E-state index is 11.5. The van der Waals surface area contributed by atoms with E-state index in [1.165, 1.54) is 6.08 Å². The van der Waals surface area contributed by atoms with Gasteiger partial charge in [-0.05, 0) is 18.2 Å². The molecule has 0 atom stereocenters. The van der Waals surface area contributed by atoms with Crippen molar-refractivity contribution in [3.8, 4) is 5.75 Å². The summed E-state index contributed by atoms with van der Waals surface area (Å²) in [7, 11) is 1.62. The number of nitrogens with one attached hydrogen (secondary N) is 1. The summed E-state index contributed by atoms with van der Waals surface area (Å²) in [5.74, 6) is 0.627. The topological polar surface area (TPSA) is 38.3 Å². The first-order valence-electron chi connectivity index (χ1n) is 5.30. The van der Waals surface area contributed by atoms with Crippen LogP contribution in [-0.2, 0) is 4.79 Å². The van der Waals surface area contributed by atoms with Gasteiger partial charge in [0.2, 0.25) is 5.91 Å². The highest BCUT2D eigenvalue weighted by Gasteiger charge is 2.05. The van der Waals surface area contributed by atoms with Gasteiger partial charge in [-0.25, -0.2) is 0 Å². The van der Waals surface area contributed by atoms with Crippen molar-refractivity contribution < 1.29 is 9.53 Å². The highest BCUT2D eigenvalue weighted by Crippen LogP contribution is 2.18. The Hall–Kier alpha value is -2.29. The van der Waals surface area contributed by atoms with Crippen LogP contribution in [0.3, 0.4) is 0 Å². The fourth-order valence-corrected chi connectivity index (χ4v) is 1.53. The van der Waals surface area contributed by atoms with Crippen molar-refractivity contribution in [2.24, 2.45) is 0 Å². The van der Waals surface area contributed by atoms with Gasteiger partial charge in [-0.1, -0.05) is 30.4 Å². The zero-order valence-corrected chi connectivity index (χ0v) is 9.51. The van der Waals surface area contributed by atoms with Crippen LogP contribution in [0.1, 0.15) is 5.56 Å². The molecule has 0 spiro atoms. The van der Waals surface area contributed by atoms with Crippen molar-refractivity contribution in [2.75, 3.05) is 7.11 Å².